The minimum Gasteiger partial charge on any atom is -0.497 e. The van der Waals surface area contributed by atoms with Crippen LogP contribution in [-0.4, -0.2) is 47.2 Å². The van der Waals surface area contributed by atoms with Gasteiger partial charge in [0.15, 0.2) is 6.10 Å². The normalized spacial score (nSPS) is 15.1. The van der Waals surface area contributed by atoms with Gasteiger partial charge < -0.3 is 19.5 Å². The van der Waals surface area contributed by atoms with E-state index in [-0.39, 0.29) is 24.6 Å². The molecule has 10 heteroatoms. The molecular formula is C25H25ClN2O6S. The highest BCUT2D eigenvalue weighted by atomic mass is 35.5. The van der Waals surface area contributed by atoms with Gasteiger partial charge in [-0.15, -0.1) is 0 Å². The number of aryl methyl sites for hydroxylation is 1. The minimum absolute atomic E-state index is 0.0854. The Morgan fingerprint density at radius 3 is 2.46 bits per heavy atom. The Hall–Kier alpha value is -3.43. The van der Waals surface area contributed by atoms with Crippen molar-refractivity contribution in [1.29, 1.82) is 0 Å². The maximum Gasteiger partial charge on any atom is 0.264 e. The quantitative estimate of drug-likeness (QED) is 0.458. The molecule has 1 heterocycles. The molecule has 8 nitrogen and oxygen atoms in total. The van der Waals surface area contributed by atoms with E-state index in [0.29, 0.717) is 28.0 Å². The number of amides is 1. The van der Waals surface area contributed by atoms with Crippen LogP contribution in [0, 0.1) is 6.92 Å². The number of fused-ring (bicyclic) bond motifs is 1. The van der Waals surface area contributed by atoms with Gasteiger partial charge in [-0.25, -0.2) is 8.42 Å². The third kappa shape index (κ3) is 5.63. The molecule has 1 atom stereocenters. The van der Waals surface area contributed by atoms with Crippen molar-refractivity contribution in [3.8, 4) is 17.2 Å². The first-order chi connectivity index (χ1) is 16.8. The summed E-state index contributed by atoms with van der Waals surface area (Å²) in [6.07, 6.45) is -1.03. The van der Waals surface area contributed by atoms with E-state index in [1.807, 2.05) is 6.92 Å². The third-order valence-electron chi connectivity index (χ3n) is 5.41. The fourth-order valence-corrected chi connectivity index (χ4v) is 5.19. The highest BCUT2D eigenvalue weighted by Crippen LogP contribution is 2.38. The van der Waals surface area contributed by atoms with Crippen molar-refractivity contribution in [3.05, 3.63) is 77.3 Å². The number of halogens is 1. The fraction of sp³-hybridized carbons (Fsp3) is 0.240. The maximum absolute atomic E-state index is 13.5. The average Bonchev–Trinajstić information content (AvgIpc) is 2.86. The number of anilines is 1. The molecule has 35 heavy (non-hydrogen) atoms. The number of nitrogens with one attached hydrogen (secondary N) is 1. The summed E-state index contributed by atoms with van der Waals surface area (Å²) in [5.41, 5.74) is 1.25. The van der Waals surface area contributed by atoms with E-state index in [9.17, 15) is 13.2 Å². The van der Waals surface area contributed by atoms with Crippen molar-refractivity contribution in [2.45, 2.75) is 17.9 Å². The van der Waals surface area contributed by atoms with E-state index in [0.717, 1.165) is 5.56 Å². The summed E-state index contributed by atoms with van der Waals surface area (Å²) in [5.74, 6) is 1.05. The lowest BCUT2D eigenvalue weighted by atomic mass is 10.1. The second-order valence-corrected chi connectivity index (χ2v) is 10.2. The SMILES string of the molecule is COc1ccc(S(=O)(=O)N2C[C@H](C(=O)NCCOc3ccc(Cl)cc3)Oc3cc(C)ccc32)cc1. The van der Waals surface area contributed by atoms with Gasteiger partial charge in [0.1, 0.15) is 23.9 Å². The Balaban J connectivity index is 1.49. The van der Waals surface area contributed by atoms with Crippen LogP contribution in [0.15, 0.2) is 71.6 Å². The van der Waals surface area contributed by atoms with Crippen molar-refractivity contribution in [2.75, 3.05) is 31.1 Å². The first kappa shape index (κ1) is 24.7. The molecule has 1 amide bonds. The zero-order valence-corrected chi connectivity index (χ0v) is 20.8. The van der Waals surface area contributed by atoms with Gasteiger partial charge in [-0.1, -0.05) is 17.7 Å². The van der Waals surface area contributed by atoms with Crippen molar-refractivity contribution in [3.63, 3.8) is 0 Å². The Labute approximate surface area is 209 Å². The molecular weight excluding hydrogens is 492 g/mol. The maximum atomic E-state index is 13.5. The van der Waals surface area contributed by atoms with Crippen LogP contribution in [0.3, 0.4) is 0 Å². The summed E-state index contributed by atoms with van der Waals surface area (Å²) in [6, 6.07) is 18.2. The van der Waals surface area contributed by atoms with Crippen molar-refractivity contribution in [1.82, 2.24) is 5.32 Å². The van der Waals surface area contributed by atoms with Crippen LogP contribution in [0.2, 0.25) is 5.02 Å². The van der Waals surface area contributed by atoms with Crippen LogP contribution in [0.4, 0.5) is 5.69 Å². The van der Waals surface area contributed by atoms with Gasteiger partial charge in [-0.2, -0.15) is 0 Å². The summed E-state index contributed by atoms with van der Waals surface area (Å²) in [4.78, 5) is 13.0. The molecule has 1 aliphatic heterocycles. The molecule has 3 aromatic carbocycles. The zero-order chi connectivity index (χ0) is 25.0. The number of nitrogens with zero attached hydrogens (tertiary/aromatic N) is 1. The molecule has 4 rings (SSSR count). The van der Waals surface area contributed by atoms with Crippen LogP contribution in [0.25, 0.3) is 0 Å². The van der Waals surface area contributed by atoms with Crippen LogP contribution >= 0.6 is 11.6 Å². The monoisotopic (exact) mass is 516 g/mol. The Morgan fingerprint density at radius 1 is 1.09 bits per heavy atom. The van der Waals surface area contributed by atoms with Gasteiger partial charge in [-0.05, 0) is 73.2 Å². The van der Waals surface area contributed by atoms with E-state index in [1.165, 1.54) is 23.5 Å². The van der Waals surface area contributed by atoms with Crippen LogP contribution < -0.4 is 23.8 Å². The summed E-state index contributed by atoms with van der Waals surface area (Å²) >= 11 is 5.86. The Morgan fingerprint density at radius 2 is 1.77 bits per heavy atom. The van der Waals surface area contributed by atoms with Gasteiger partial charge in [0.25, 0.3) is 15.9 Å². The lowest BCUT2D eigenvalue weighted by Gasteiger charge is -2.35. The van der Waals surface area contributed by atoms with E-state index in [1.54, 1.807) is 54.6 Å². The minimum atomic E-state index is -3.96. The Bertz CT molecular complexity index is 1300. The number of carbonyl (C=O) groups is 1. The van der Waals surface area contributed by atoms with Crippen molar-refractivity contribution in [2.24, 2.45) is 0 Å². The summed E-state index contributed by atoms with van der Waals surface area (Å²) in [7, 11) is -2.45. The standard InChI is InChI=1S/C25H25ClN2O6S/c1-17-3-12-22-23(15-17)34-24(25(29)27-13-14-33-20-6-4-18(26)5-7-20)16-28(22)35(30,31)21-10-8-19(32-2)9-11-21/h3-12,15,24H,13-14,16H2,1-2H3,(H,27,29)/t24-/m1/s1. The number of sulfonamides is 1. The zero-order valence-electron chi connectivity index (χ0n) is 19.2. The highest BCUT2D eigenvalue weighted by Gasteiger charge is 2.37. The molecule has 1 aliphatic rings. The second kappa shape index (κ2) is 10.5. The molecule has 0 unspecified atom stereocenters. The molecule has 3 aromatic rings. The van der Waals surface area contributed by atoms with Gasteiger partial charge in [0, 0.05) is 5.02 Å². The molecule has 0 spiro atoms. The van der Waals surface area contributed by atoms with E-state index in [4.69, 9.17) is 25.8 Å². The van der Waals surface area contributed by atoms with Crippen molar-refractivity contribution < 1.29 is 27.4 Å². The van der Waals surface area contributed by atoms with Gasteiger partial charge in [-0.3, -0.25) is 9.10 Å². The molecule has 0 aromatic heterocycles. The fourth-order valence-electron chi connectivity index (χ4n) is 3.59. The van der Waals surface area contributed by atoms with Crippen LogP contribution in [0.1, 0.15) is 5.56 Å². The van der Waals surface area contributed by atoms with Gasteiger partial charge in [0.05, 0.1) is 30.8 Å². The van der Waals surface area contributed by atoms with Gasteiger partial charge in [0.2, 0.25) is 0 Å². The van der Waals surface area contributed by atoms with Crippen LogP contribution in [0.5, 0.6) is 17.2 Å². The van der Waals surface area contributed by atoms with E-state index >= 15 is 0 Å². The highest BCUT2D eigenvalue weighted by molar-refractivity contribution is 7.92. The van der Waals surface area contributed by atoms with Gasteiger partial charge >= 0.3 is 0 Å². The number of hydrogen-bond donors (Lipinski definition) is 1. The molecule has 1 N–H and O–H groups in total. The smallest absolute Gasteiger partial charge is 0.264 e. The second-order valence-electron chi connectivity index (χ2n) is 7.88. The summed E-state index contributed by atoms with van der Waals surface area (Å²) in [5, 5.41) is 3.35. The first-order valence-corrected chi connectivity index (χ1v) is 12.7. The molecule has 0 bridgehead atoms. The predicted octanol–water partition coefficient (Wildman–Crippen LogP) is 3.81. The molecule has 0 saturated heterocycles. The lowest BCUT2D eigenvalue weighted by molar-refractivity contribution is -0.127. The van der Waals surface area contributed by atoms with Crippen LogP contribution in [-0.2, 0) is 14.8 Å². The number of carbonyl (C=O) groups excluding carboxylic acids is 1. The molecule has 0 saturated carbocycles. The average molecular weight is 517 g/mol. The summed E-state index contributed by atoms with van der Waals surface area (Å²) < 4.78 is 44.9. The summed E-state index contributed by atoms with van der Waals surface area (Å²) in [6.45, 7) is 2.13. The third-order valence-corrected chi connectivity index (χ3v) is 7.45. The Kier molecular flexibility index (Phi) is 7.37. The largest absolute Gasteiger partial charge is 0.497 e. The number of hydrogen-bond acceptors (Lipinski definition) is 6. The van der Waals surface area contributed by atoms with E-state index in [2.05, 4.69) is 5.32 Å². The molecule has 0 fully saturated rings. The van der Waals surface area contributed by atoms with E-state index < -0.39 is 22.0 Å². The van der Waals surface area contributed by atoms with Crippen molar-refractivity contribution >= 4 is 33.2 Å². The molecule has 184 valence electrons. The number of ether oxygens (including phenoxy) is 3. The lowest BCUT2D eigenvalue weighted by Crippen LogP contribution is -2.51. The molecule has 0 radical (unpaired) electrons. The number of benzene rings is 3. The topological polar surface area (TPSA) is 94.2 Å². The predicted molar refractivity (Wildman–Crippen MR) is 133 cm³/mol. The molecule has 0 aliphatic carbocycles. The number of methoxy groups -OCH3 is 1. The number of rotatable bonds is 8. The first-order valence-electron chi connectivity index (χ1n) is 10.9.